The van der Waals surface area contributed by atoms with Gasteiger partial charge in [-0.1, -0.05) is 60.7 Å². The van der Waals surface area contributed by atoms with Gasteiger partial charge in [-0.25, -0.2) is 26.3 Å². The van der Waals surface area contributed by atoms with E-state index in [1.54, 1.807) is 24.3 Å². The van der Waals surface area contributed by atoms with Crippen molar-refractivity contribution in [3.05, 3.63) is 120 Å². The molecule has 46 heavy (non-hydrogen) atoms. The molecular weight excluding hydrogens is 625 g/mol. The summed E-state index contributed by atoms with van der Waals surface area (Å²) in [6, 6.07) is 30.5. The topological polar surface area (TPSA) is 151 Å². The van der Waals surface area contributed by atoms with Gasteiger partial charge in [-0.2, -0.15) is 0 Å². The van der Waals surface area contributed by atoms with E-state index in [1.807, 2.05) is 60.7 Å². The van der Waals surface area contributed by atoms with Crippen LogP contribution >= 0.6 is 0 Å². The Kier molecular flexibility index (Phi) is 10.6. The maximum atomic E-state index is 12.9. The van der Waals surface area contributed by atoms with E-state index in [4.69, 9.17) is 0 Å². The molecule has 4 aromatic rings. The third kappa shape index (κ3) is 8.88. The summed E-state index contributed by atoms with van der Waals surface area (Å²) in [7, 11) is -7.42. The van der Waals surface area contributed by atoms with Crippen LogP contribution in [0, 0.1) is 11.8 Å². The van der Waals surface area contributed by atoms with Crippen LogP contribution in [-0.4, -0.2) is 28.6 Å². The smallest absolute Gasteiger partial charge is 0.240 e. The van der Waals surface area contributed by atoms with Gasteiger partial charge in [-0.3, -0.25) is 9.59 Å². The Labute approximate surface area is 269 Å². The van der Waals surface area contributed by atoms with Crippen LogP contribution in [0.2, 0.25) is 0 Å². The number of anilines is 2. The van der Waals surface area contributed by atoms with Crippen molar-refractivity contribution in [3.8, 4) is 0 Å². The van der Waals surface area contributed by atoms with Gasteiger partial charge in [-0.05, 0) is 85.3 Å². The minimum atomic E-state index is -3.71. The average molecular weight is 661 g/mol. The molecule has 1 saturated carbocycles. The van der Waals surface area contributed by atoms with Crippen LogP contribution in [0.1, 0.15) is 36.8 Å². The third-order valence-corrected chi connectivity index (χ3v) is 10.8. The van der Waals surface area contributed by atoms with Crippen LogP contribution in [0.15, 0.2) is 119 Å². The van der Waals surface area contributed by atoms with Crippen molar-refractivity contribution in [2.75, 3.05) is 10.6 Å². The fourth-order valence-electron chi connectivity index (χ4n) is 5.26. The largest absolute Gasteiger partial charge is 0.326 e. The van der Waals surface area contributed by atoms with Gasteiger partial charge in [0.15, 0.2) is 0 Å². The number of nitrogens with one attached hydrogen (secondary N) is 4. The van der Waals surface area contributed by atoms with Gasteiger partial charge in [0.2, 0.25) is 31.9 Å². The highest BCUT2D eigenvalue weighted by atomic mass is 32.2. The highest BCUT2D eigenvalue weighted by Crippen LogP contribution is 2.31. The first kappa shape index (κ1) is 33.0. The van der Waals surface area contributed by atoms with E-state index in [-0.39, 0.29) is 46.5 Å². The van der Waals surface area contributed by atoms with Crippen molar-refractivity contribution in [1.29, 1.82) is 0 Å². The second kappa shape index (κ2) is 14.8. The van der Waals surface area contributed by atoms with Crippen molar-refractivity contribution in [2.24, 2.45) is 11.8 Å². The van der Waals surface area contributed by atoms with Gasteiger partial charge in [0.1, 0.15) is 0 Å². The summed E-state index contributed by atoms with van der Waals surface area (Å²) in [5, 5.41) is 5.72. The summed E-state index contributed by atoms with van der Waals surface area (Å²) in [5.74, 6) is -0.885. The molecule has 1 aliphatic rings. The summed E-state index contributed by atoms with van der Waals surface area (Å²) in [4.78, 5) is 26.0. The number of hydrogen-bond acceptors (Lipinski definition) is 6. The molecule has 1 aliphatic carbocycles. The number of carbonyl (C=O) groups is 2. The molecular formula is C34H36N4O6S2. The summed E-state index contributed by atoms with van der Waals surface area (Å²) in [5.41, 5.74) is 2.68. The zero-order valence-electron chi connectivity index (χ0n) is 25.1. The molecule has 0 aliphatic heterocycles. The minimum absolute atomic E-state index is 0.101. The molecule has 12 heteroatoms. The molecule has 0 aromatic heterocycles. The number of carbonyl (C=O) groups excluding carboxylic acids is 2. The molecule has 4 aromatic carbocycles. The second-order valence-electron chi connectivity index (χ2n) is 11.2. The molecule has 240 valence electrons. The SMILES string of the molecule is O=C(Nc1ccc(S(=O)(=O)NCc2ccccc2)cc1)C1CCC(C(=O)Nc2ccc(S(=O)(=O)NCc3ccccc3)cc2)CC1. The second-order valence-corrected chi connectivity index (χ2v) is 14.7. The first-order valence-electron chi connectivity index (χ1n) is 15.0. The molecule has 2 amide bonds. The molecule has 5 rings (SSSR count). The first-order valence-corrected chi connectivity index (χ1v) is 17.9. The summed E-state index contributed by atoms with van der Waals surface area (Å²) < 4.78 is 55.8. The lowest BCUT2D eigenvalue weighted by Gasteiger charge is -2.27. The van der Waals surface area contributed by atoms with Crippen LogP contribution in [0.25, 0.3) is 0 Å². The lowest BCUT2D eigenvalue weighted by Crippen LogP contribution is -2.32. The average Bonchev–Trinajstić information content (AvgIpc) is 3.08. The third-order valence-electron chi connectivity index (χ3n) is 7.95. The molecule has 0 unspecified atom stereocenters. The van der Waals surface area contributed by atoms with Crippen molar-refractivity contribution in [1.82, 2.24) is 9.44 Å². The fourth-order valence-corrected chi connectivity index (χ4v) is 7.29. The Hall–Kier alpha value is -4.36. The first-order chi connectivity index (χ1) is 22.1. The lowest BCUT2D eigenvalue weighted by molar-refractivity contribution is -0.125. The van der Waals surface area contributed by atoms with Crippen LogP contribution in [-0.2, 0) is 42.7 Å². The van der Waals surface area contributed by atoms with Crippen LogP contribution in [0.3, 0.4) is 0 Å². The van der Waals surface area contributed by atoms with Crippen molar-refractivity contribution >= 4 is 43.2 Å². The molecule has 0 bridgehead atoms. The van der Waals surface area contributed by atoms with E-state index < -0.39 is 20.0 Å². The Morgan fingerprint density at radius 3 is 1.15 bits per heavy atom. The number of sulfonamides is 2. The van der Waals surface area contributed by atoms with Gasteiger partial charge in [0, 0.05) is 36.3 Å². The van der Waals surface area contributed by atoms with Crippen molar-refractivity contribution < 1.29 is 26.4 Å². The standard InChI is InChI=1S/C34H36N4O6S2/c39-33(37-29-15-19-31(20-16-29)45(41,42)35-23-25-7-3-1-4-8-25)27-11-13-28(14-12-27)34(40)38-30-17-21-32(22-18-30)46(43,44)36-24-26-9-5-2-6-10-26/h1-10,15-22,27-28,35-36H,11-14,23-24H2,(H,37,39)(H,38,40). The van der Waals surface area contributed by atoms with Crippen LogP contribution in [0.5, 0.6) is 0 Å². The highest BCUT2D eigenvalue weighted by molar-refractivity contribution is 7.89. The van der Waals surface area contributed by atoms with Gasteiger partial charge in [0.05, 0.1) is 9.79 Å². The Morgan fingerprint density at radius 2 is 0.826 bits per heavy atom. The van der Waals surface area contributed by atoms with E-state index in [0.29, 0.717) is 37.1 Å². The van der Waals surface area contributed by atoms with E-state index in [2.05, 4.69) is 20.1 Å². The van der Waals surface area contributed by atoms with E-state index in [0.717, 1.165) is 11.1 Å². The molecule has 1 fully saturated rings. The molecule has 0 radical (unpaired) electrons. The Morgan fingerprint density at radius 1 is 0.500 bits per heavy atom. The van der Waals surface area contributed by atoms with E-state index in [9.17, 15) is 26.4 Å². The highest BCUT2D eigenvalue weighted by Gasteiger charge is 2.30. The van der Waals surface area contributed by atoms with Gasteiger partial charge >= 0.3 is 0 Å². The molecule has 0 heterocycles. The van der Waals surface area contributed by atoms with Crippen molar-refractivity contribution in [2.45, 2.75) is 48.6 Å². The number of amides is 2. The molecule has 10 nitrogen and oxygen atoms in total. The Bertz CT molecular complexity index is 1700. The molecule has 4 N–H and O–H groups in total. The molecule has 0 atom stereocenters. The number of benzene rings is 4. The van der Waals surface area contributed by atoms with Crippen molar-refractivity contribution in [3.63, 3.8) is 0 Å². The monoisotopic (exact) mass is 660 g/mol. The van der Waals surface area contributed by atoms with Crippen LogP contribution in [0.4, 0.5) is 11.4 Å². The molecule has 0 spiro atoms. The maximum Gasteiger partial charge on any atom is 0.240 e. The summed E-state index contributed by atoms with van der Waals surface area (Å²) in [6.07, 6.45) is 2.13. The van der Waals surface area contributed by atoms with Gasteiger partial charge in [0.25, 0.3) is 0 Å². The van der Waals surface area contributed by atoms with Gasteiger partial charge < -0.3 is 10.6 Å². The Balaban J connectivity index is 1.06. The predicted octanol–water partition coefficient (Wildman–Crippen LogP) is 5.03. The van der Waals surface area contributed by atoms with E-state index in [1.165, 1.54) is 24.3 Å². The summed E-state index contributed by atoms with van der Waals surface area (Å²) >= 11 is 0. The molecule has 0 saturated heterocycles. The van der Waals surface area contributed by atoms with E-state index >= 15 is 0 Å². The summed E-state index contributed by atoms with van der Waals surface area (Å²) in [6.45, 7) is 0.346. The normalized spacial score (nSPS) is 16.8. The minimum Gasteiger partial charge on any atom is -0.326 e. The number of rotatable bonds is 12. The zero-order valence-corrected chi connectivity index (χ0v) is 26.7. The fraction of sp³-hybridized carbons (Fsp3) is 0.235. The number of hydrogen-bond donors (Lipinski definition) is 4. The maximum absolute atomic E-state index is 12.9. The quantitative estimate of drug-likeness (QED) is 0.168. The van der Waals surface area contributed by atoms with Gasteiger partial charge in [-0.15, -0.1) is 0 Å². The lowest BCUT2D eigenvalue weighted by atomic mass is 9.81. The predicted molar refractivity (Wildman–Crippen MR) is 177 cm³/mol. The zero-order chi connectivity index (χ0) is 32.6. The van der Waals surface area contributed by atoms with Crippen LogP contribution < -0.4 is 20.1 Å².